The van der Waals surface area contributed by atoms with Crippen molar-refractivity contribution in [2.45, 2.75) is 72.0 Å². The van der Waals surface area contributed by atoms with Gasteiger partial charge in [0.05, 0.1) is 12.2 Å². The molecule has 16 heavy (non-hydrogen) atoms. The standard InChI is InChI=1S/C14H29NO/c1-5-11-7-6-8-12(9-11)16-13(10-15)14(2,3)4/h11-13H,5-10,15H2,1-4H3. The summed E-state index contributed by atoms with van der Waals surface area (Å²) in [7, 11) is 0. The third-order valence-electron chi connectivity index (χ3n) is 3.85. The predicted octanol–water partition coefficient (Wildman–Crippen LogP) is 3.35. The van der Waals surface area contributed by atoms with E-state index in [1.165, 1.54) is 32.1 Å². The Morgan fingerprint density at radius 1 is 1.31 bits per heavy atom. The van der Waals surface area contributed by atoms with E-state index in [4.69, 9.17) is 10.5 Å². The lowest BCUT2D eigenvalue weighted by Gasteiger charge is -2.36. The summed E-state index contributed by atoms with van der Waals surface area (Å²) < 4.78 is 6.21. The van der Waals surface area contributed by atoms with Gasteiger partial charge in [-0.2, -0.15) is 0 Å². The molecule has 2 N–H and O–H groups in total. The molecule has 0 radical (unpaired) electrons. The molecular formula is C14H29NO. The molecule has 0 aromatic carbocycles. The Labute approximate surface area is 101 Å². The molecule has 1 fully saturated rings. The van der Waals surface area contributed by atoms with E-state index in [1.807, 2.05) is 0 Å². The van der Waals surface area contributed by atoms with E-state index in [2.05, 4.69) is 27.7 Å². The lowest BCUT2D eigenvalue weighted by Crippen LogP contribution is -2.40. The molecule has 0 saturated heterocycles. The highest BCUT2D eigenvalue weighted by atomic mass is 16.5. The maximum atomic E-state index is 6.21. The Hall–Kier alpha value is -0.0800. The van der Waals surface area contributed by atoms with Crippen molar-refractivity contribution in [2.75, 3.05) is 6.54 Å². The predicted molar refractivity (Wildman–Crippen MR) is 69.4 cm³/mol. The zero-order valence-electron chi connectivity index (χ0n) is 11.5. The Morgan fingerprint density at radius 3 is 2.50 bits per heavy atom. The summed E-state index contributed by atoms with van der Waals surface area (Å²) in [6.07, 6.45) is 7.12. The fraction of sp³-hybridized carbons (Fsp3) is 1.00. The lowest BCUT2D eigenvalue weighted by molar-refractivity contribution is -0.0807. The van der Waals surface area contributed by atoms with E-state index in [0.29, 0.717) is 12.6 Å². The van der Waals surface area contributed by atoms with E-state index in [1.54, 1.807) is 0 Å². The first-order chi connectivity index (χ1) is 7.47. The molecule has 3 atom stereocenters. The molecule has 2 heteroatoms. The van der Waals surface area contributed by atoms with Gasteiger partial charge in [0.2, 0.25) is 0 Å². The number of rotatable bonds is 4. The summed E-state index contributed by atoms with van der Waals surface area (Å²) in [6, 6.07) is 0. The minimum absolute atomic E-state index is 0.161. The van der Waals surface area contributed by atoms with Gasteiger partial charge in [0.1, 0.15) is 0 Å². The van der Waals surface area contributed by atoms with Crippen molar-refractivity contribution in [3.05, 3.63) is 0 Å². The quantitative estimate of drug-likeness (QED) is 0.799. The largest absolute Gasteiger partial charge is 0.373 e. The third-order valence-corrected chi connectivity index (χ3v) is 3.85. The average Bonchev–Trinajstić information content (AvgIpc) is 2.24. The molecule has 1 aliphatic rings. The van der Waals surface area contributed by atoms with Crippen LogP contribution in [-0.4, -0.2) is 18.8 Å². The third kappa shape index (κ3) is 4.06. The SMILES string of the molecule is CCC1CCCC(OC(CN)C(C)(C)C)C1. The molecule has 96 valence electrons. The normalized spacial score (nSPS) is 29.1. The first-order valence-electron chi connectivity index (χ1n) is 6.82. The Bertz CT molecular complexity index is 197. The van der Waals surface area contributed by atoms with E-state index in [0.717, 1.165) is 5.92 Å². The van der Waals surface area contributed by atoms with Gasteiger partial charge >= 0.3 is 0 Å². The Morgan fingerprint density at radius 2 is 2.00 bits per heavy atom. The zero-order valence-corrected chi connectivity index (χ0v) is 11.5. The van der Waals surface area contributed by atoms with Crippen LogP contribution in [0.5, 0.6) is 0 Å². The number of hydrogen-bond donors (Lipinski definition) is 1. The summed E-state index contributed by atoms with van der Waals surface area (Å²) in [4.78, 5) is 0. The van der Waals surface area contributed by atoms with Gasteiger partial charge in [-0.15, -0.1) is 0 Å². The van der Waals surface area contributed by atoms with Crippen LogP contribution in [0.3, 0.4) is 0 Å². The molecule has 1 rings (SSSR count). The molecule has 0 heterocycles. The van der Waals surface area contributed by atoms with Crippen LogP contribution in [-0.2, 0) is 4.74 Å². The smallest absolute Gasteiger partial charge is 0.0749 e. The molecular weight excluding hydrogens is 198 g/mol. The van der Waals surface area contributed by atoms with Gasteiger partial charge in [-0.3, -0.25) is 0 Å². The van der Waals surface area contributed by atoms with Crippen molar-refractivity contribution in [1.82, 2.24) is 0 Å². The topological polar surface area (TPSA) is 35.2 Å². The second-order valence-electron chi connectivity index (χ2n) is 6.29. The molecule has 0 spiro atoms. The monoisotopic (exact) mass is 227 g/mol. The number of hydrogen-bond acceptors (Lipinski definition) is 2. The summed E-state index contributed by atoms with van der Waals surface area (Å²) in [5, 5.41) is 0. The van der Waals surface area contributed by atoms with Crippen molar-refractivity contribution in [3.8, 4) is 0 Å². The molecule has 0 amide bonds. The maximum Gasteiger partial charge on any atom is 0.0749 e. The highest BCUT2D eigenvalue weighted by molar-refractivity contribution is 4.79. The van der Waals surface area contributed by atoms with Crippen LogP contribution >= 0.6 is 0 Å². The van der Waals surface area contributed by atoms with Gasteiger partial charge in [0.25, 0.3) is 0 Å². The molecule has 1 aliphatic carbocycles. The zero-order chi connectivity index (χ0) is 12.2. The van der Waals surface area contributed by atoms with Crippen LogP contribution in [0.4, 0.5) is 0 Å². The fourth-order valence-corrected chi connectivity index (χ4v) is 2.58. The van der Waals surface area contributed by atoms with Crippen molar-refractivity contribution in [1.29, 1.82) is 0 Å². The van der Waals surface area contributed by atoms with E-state index < -0.39 is 0 Å². The summed E-state index contributed by atoms with van der Waals surface area (Å²) >= 11 is 0. The van der Waals surface area contributed by atoms with Crippen molar-refractivity contribution in [3.63, 3.8) is 0 Å². The molecule has 0 aromatic rings. The maximum absolute atomic E-state index is 6.21. The first kappa shape index (κ1) is 14.0. The second-order valence-corrected chi connectivity index (χ2v) is 6.29. The highest BCUT2D eigenvalue weighted by Gasteiger charge is 2.29. The highest BCUT2D eigenvalue weighted by Crippen LogP contribution is 2.31. The number of nitrogens with two attached hydrogens (primary N) is 1. The van der Waals surface area contributed by atoms with Gasteiger partial charge < -0.3 is 10.5 Å². The van der Waals surface area contributed by atoms with Gasteiger partial charge in [-0.1, -0.05) is 47.0 Å². The van der Waals surface area contributed by atoms with Crippen LogP contribution < -0.4 is 5.73 Å². The van der Waals surface area contributed by atoms with E-state index in [9.17, 15) is 0 Å². The summed E-state index contributed by atoms with van der Waals surface area (Å²) in [6.45, 7) is 9.56. The van der Waals surface area contributed by atoms with Crippen molar-refractivity contribution < 1.29 is 4.74 Å². The minimum Gasteiger partial charge on any atom is -0.373 e. The van der Waals surface area contributed by atoms with Crippen molar-refractivity contribution >= 4 is 0 Å². The van der Waals surface area contributed by atoms with E-state index in [-0.39, 0.29) is 11.5 Å². The molecule has 0 bridgehead atoms. The van der Waals surface area contributed by atoms with Crippen LogP contribution in [0.25, 0.3) is 0 Å². The lowest BCUT2D eigenvalue weighted by atomic mass is 9.84. The molecule has 0 aliphatic heterocycles. The molecule has 1 saturated carbocycles. The second kappa shape index (κ2) is 6.02. The van der Waals surface area contributed by atoms with Crippen LogP contribution in [0, 0.1) is 11.3 Å². The first-order valence-corrected chi connectivity index (χ1v) is 6.82. The molecule has 0 aromatic heterocycles. The summed E-state index contributed by atoms with van der Waals surface area (Å²) in [5.74, 6) is 0.872. The van der Waals surface area contributed by atoms with Gasteiger partial charge in [-0.25, -0.2) is 0 Å². The number of ether oxygens (including phenoxy) is 1. The van der Waals surface area contributed by atoms with E-state index >= 15 is 0 Å². The van der Waals surface area contributed by atoms with Crippen LogP contribution in [0.15, 0.2) is 0 Å². The minimum atomic E-state index is 0.161. The molecule has 2 nitrogen and oxygen atoms in total. The molecule has 3 unspecified atom stereocenters. The average molecular weight is 227 g/mol. The van der Waals surface area contributed by atoms with Crippen LogP contribution in [0.2, 0.25) is 0 Å². The van der Waals surface area contributed by atoms with Gasteiger partial charge in [0, 0.05) is 6.54 Å². The fourth-order valence-electron chi connectivity index (χ4n) is 2.58. The van der Waals surface area contributed by atoms with Crippen molar-refractivity contribution in [2.24, 2.45) is 17.1 Å². The Balaban J connectivity index is 2.45. The summed E-state index contributed by atoms with van der Waals surface area (Å²) in [5.41, 5.74) is 5.98. The van der Waals surface area contributed by atoms with Gasteiger partial charge in [-0.05, 0) is 24.2 Å². The van der Waals surface area contributed by atoms with Crippen LogP contribution in [0.1, 0.15) is 59.8 Å². The Kier molecular flexibility index (Phi) is 5.26. The van der Waals surface area contributed by atoms with Gasteiger partial charge in [0.15, 0.2) is 0 Å².